The summed E-state index contributed by atoms with van der Waals surface area (Å²) in [6.07, 6.45) is 4.13. The SMILES string of the molecule is CCCNC(c1cccc2cccnc12)C(CC)OCC. The Labute approximate surface area is 127 Å². The lowest BCUT2D eigenvalue weighted by Crippen LogP contribution is -2.34. The molecular formula is C18H26N2O. The first-order valence-corrected chi connectivity index (χ1v) is 8.00. The molecule has 0 aliphatic carbocycles. The molecule has 0 aliphatic rings. The number of nitrogens with one attached hydrogen (secondary N) is 1. The molecule has 114 valence electrons. The van der Waals surface area contributed by atoms with Gasteiger partial charge in [-0.1, -0.05) is 38.1 Å². The van der Waals surface area contributed by atoms with Gasteiger partial charge in [-0.25, -0.2) is 0 Å². The van der Waals surface area contributed by atoms with E-state index in [-0.39, 0.29) is 12.1 Å². The average Bonchev–Trinajstić information content (AvgIpc) is 2.54. The third-order valence-corrected chi connectivity index (χ3v) is 3.77. The first kappa shape index (κ1) is 15.9. The van der Waals surface area contributed by atoms with E-state index in [0.717, 1.165) is 31.5 Å². The molecule has 0 radical (unpaired) electrons. The molecule has 3 heteroatoms. The maximum atomic E-state index is 5.96. The Hall–Kier alpha value is -1.45. The van der Waals surface area contributed by atoms with Crippen molar-refractivity contribution in [3.05, 3.63) is 42.1 Å². The van der Waals surface area contributed by atoms with Gasteiger partial charge in [0, 0.05) is 18.2 Å². The first-order chi connectivity index (χ1) is 10.3. The van der Waals surface area contributed by atoms with Gasteiger partial charge in [0.05, 0.1) is 17.7 Å². The van der Waals surface area contributed by atoms with Gasteiger partial charge in [0.25, 0.3) is 0 Å². The Bertz CT molecular complexity index is 550. The van der Waals surface area contributed by atoms with Gasteiger partial charge in [0.1, 0.15) is 0 Å². The highest BCUT2D eigenvalue weighted by Gasteiger charge is 2.23. The van der Waals surface area contributed by atoms with Crippen LogP contribution >= 0.6 is 0 Å². The summed E-state index contributed by atoms with van der Waals surface area (Å²) in [4.78, 5) is 4.59. The van der Waals surface area contributed by atoms with Crippen molar-refractivity contribution in [3.8, 4) is 0 Å². The minimum absolute atomic E-state index is 0.175. The molecule has 2 rings (SSSR count). The number of nitrogens with zero attached hydrogens (tertiary/aromatic N) is 1. The molecule has 1 N–H and O–H groups in total. The average molecular weight is 286 g/mol. The fourth-order valence-electron chi connectivity index (χ4n) is 2.78. The smallest absolute Gasteiger partial charge is 0.0767 e. The molecule has 1 aromatic heterocycles. The molecule has 2 unspecified atom stereocenters. The standard InChI is InChI=1S/C18H26N2O/c1-4-12-19-18(16(5-2)21-6-3)15-11-7-9-14-10-8-13-20-17(14)15/h7-11,13,16,18-19H,4-6,12H2,1-3H3. The van der Waals surface area contributed by atoms with Crippen LogP contribution in [0, 0.1) is 0 Å². The van der Waals surface area contributed by atoms with Crippen molar-refractivity contribution in [1.29, 1.82) is 0 Å². The molecule has 0 bridgehead atoms. The van der Waals surface area contributed by atoms with Gasteiger partial charge in [-0.15, -0.1) is 0 Å². The minimum Gasteiger partial charge on any atom is -0.377 e. The van der Waals surface area contributed by atoms with E-state index in [2.05, 4.69) is 55.3 Å². The molecule has 0 amide bonds. The third kappa shape index (κ3) is 3.80. The summed E-state index contributed by atoms with van der Waals surface area (Å²) in [5.74, 6) is 0. The van der Waals surface area contributed by atoms with Crippen LogP contribution < -0.4 is 5.32 Å². The summed E-state index contributed by atoms with van der Waals surface area (Å²) >= 11 is 0. The molecule has 2 atom stereocenters. The van der Waals surface area contributed by atoms with E-state index in [1.807, 2.05) is 12.3 Å². The van der Waals surface area contributed by atoms with Gasteiger partial charge in [-0.05, 0) is 37.9 Å². The van der Waals surface area contributed by atoms with Crippen LogP contribution in [0.25, 0.3) is 10.9 Å². The van der Waals surface area contributed by atoms with Crippen LogP contribution in [0.15, 0.2) is 36.5 Å². The fraction of sp³-hybridized carbons (Fsp3) is 0.500. The zero-order valence-corrected chi connectivity index (χ0v) is 13.3. The van der Waals surface area contributed by atoms with E-state index in [1.165, 1.54) is 10.9 Å². The summed E-state index contributed by atoms with van der Waals surface area (Å²) in [6, 6.07) is 10.7. The molecule has 0 spiro atoms. The number of ether oxygens (including phenoxy) is 1. The second kappa shape index (κ2) is 8.11. The Morgan fingerprint density at radius 1 is 1.14 bits per heavy atom. The van der Waals surface area contributed by atoms with Crippen molar-refractivity contribution in [1.82, 2.24) is 10.3 Å². The fourth-order valence-corrected chi connectivity index (χ4v) is 2.78. The summed E-state index contributed by atoms with van der Waals surface area (Å²) < 4.78 is 5.96. The van der Waals surface area contributed by atoms with Crippen molar-refractivity contribution in [2.45, 2.75) is 45.8 Å². The van der Waals surface area contributed by atoms with E-state index >= 15 is 0 Å². The van der Waals surface area contributed by atoms with Crippen LogP contribution in [0.1, 0.15) is 45.2 Å². The molecule has 0 saturated heterocycles. The second-order valence-corrected chi connectivity index (χ2v) is 5.26. The number of hydrogen-bond acceptors (Lipinski definition) is 3. The summed E-state index contributed by atoms with van der Waals surface area (Å²) in [5.41, 5.74) is 2.31. The lowest BCUT2D eigenvalue weighted by Gasteiger charge is -2.28. The molecule has 0 fully saturated rings. The van der Waals surface area contributed by atoms with Gasteiger partial charge in [0.2, 0.25) is 0 Å². The Morgan fingerprint density at radius 2 is 1.95 bits per heavy atom. The lowest BCUT2D eigenvalue weighted by atomic mass is 9.96. The number of benzene rings is 1. The van der Waals surface area contributed by atoms with Gasteiger partial charge < -0.3 is 10.1 Å². The molecular weight excluding hydrogens is 260 g/mol. The maximum absolute atomic E-state index is 5.96. The lowest BCUT2D eigenvalue weighted by molar-refractivity contribution is 0.0317. The number of aromatic nitrogens is 1. The predicted octanol–water partition coefficient (Wildman–Crippen LogP) is 4.09. The molecule has 21 heavy (non-hydrogen) atoms. The third-order valence-electron chi connectivity index (χ3n) is 3.77. The molecule has 1 aromatic carbocycles. The van der Waals surface area contributed by atoms with Gasteiger partial charge in [-0.3, -0.25) is 4.98 Å². The van der Waals surface area contributed by atoms with Gasteiger partial charge >= 0.3 is 0 Å². The molecule has 0 aliphatic heterocycles. The zero-order valence-electron chi connectivity index (χ0n) is 13.3. The number of para-hydroxylation sites is 1. The van der Waals surface area contributed by atoms with E-state index in [9.17, 15) is 0 Å². The Kier molecular flexibility index (Phi) is 6.15. The normalized spacial score (nSPS) is 14.2. The van der Waals surface area contributed by atoms with Crippen molar-refractivity contribution in [2.75, 3.05) is 13.2 Å². The highest BCUT2D eigenvalue weighted by atomic mass is 16.5. The van der Waals surface area contributed by atoms with E-state index in [4.69, 9.17) is 4.74 Å². The van der Waals surface area contributed by atoms with E-state index < -0.39 is 0 Å². The summed E-state index contributed by atoms with van der Waals surface area (Å²) in [6.45, 7) is 8.14. The van der Waals surface area contributed by atoms with E-state index in [1.54, 1.807) is 0 Å². The van der Waals surface area contributed by atoms with Crippen LogP contribution in [0.3, 0.4) is 0 Å². The van der Waals surface area contributed by atoms with Crippen LogP contribution in [0.4, 0.5) is 0 Å². The van der Waals surface area contributed by atoms with Crippen molar-refractivity contribution < 1.29 is 4.74 Å². The number of fused-ring (bicyclic) bond motifs is 1. The van der Waals surface area contributed by atoms with Crippen LogP contribution in [-0.4, -0.2) is 24.2 Å². The maximum Gasteiger partial charge on any atom is 0.0767 e. The number of rotatable bonds is 8. The molecule has 3 nitrogen and oxygen atoms in total. The largest absolute Gasteiger partial charge is 0.377 e. The zero-order chi connectivity index (χ0) is 15.1. The Morgan fingerprint density at radius 3 is 2.67 bits per heavy atom. The molecule has 1 heterocycles. The summed E-state index contributed by atoms with van der Waals surface area (Å²) in [7, 11) is 0. The van der Waals surface area contributed by atoms with E-state index in [0.29, 0.717) is 0 Å². The molecule has 2 aromatic rings. The predicted molar refractivity (Wildman–Crippen MR) is 88.5 cm³/mol. The van der Waals surface area contributed by atoms with Gasteiger partial charge in [-0.2, -0.15) is 0 Å². The monoisotopic (exact) mass is 286 g/mol. The van der Waals surface area contributed by atoms with Crippen molar-refractivity contribution in [3.63, 3.8) is 0 Å². The van der Waals surface area contributed by atoms with Crippen LogP contribution in [0.2, 0.25) is 0 Å². The van der Waals surface area contributed by atoms with Crippen molar-refractivity contribution >= 4 is 10.9 Å². The number of pyridine rings is 1. The minimum atomic E-state index is 0.175. The van der Waals surface area contributed by atoms with Crippen molar-refractivity contribution in [2.24, 2.45) is 0 Å². The Balaban J connectivity index is 2.42. The highest BCUT2D eigenvalue weighted by Crippen LogP contribution is 2.27. The van der Waals surface area contributed by atoms with Gasteiger partial charge in [0.15, 0.2) is 0 Å². The second-order valence-electron chi connectivity index (χ2n) is 5.26. The topological polar surface area (TPSA) is 34.2 Å². The summed E-state index contributed by atoms with van der Waals surface area (Å²) in [5, 5.41) is 4.83. The highest BCUT2D eigenvalue weighted by molar-refractivity contribution is 5.82. The van der Waals surface area contributed by atoms with Crippen LogP contribution in [-0.2, 0) is 4.74 Å². The van der Waals surface area contributed by atoms with Crippen LogP contribution in [0.5, 0.6) is 0 Å². The number of hydrogen-bond donors (Lipinski definition) is 1. The quantitative estimate of drug-likeness (QED) is 0.793. The first-order valence-electron chi connectivity index (χ1n) is 8.00. The molecule has 0 saturated carbocycles.